The van der Waals surface area contributed by atoms with E-state index in [4.69, 9.17) is 9.47 Å². The predicted octanol–water partition coefficient (Wildman–Crippen LogP) is 1.79. The van der Waals surface area contributed by atoms with E-state index >= 15 is 0 Å². The van der Waals surface area contributed by atoms with Gasteiger partial charge in [-0.2, -0.15) is 0 Å². The van der Waals surface area contributed by atoms with E-state index in [1.165, 1.54) is 14.2 Å². The lowest BCUT2D eigenvalue weighted by Gasteiger charge is -2.29. The molecule has 1 aromatic rings. The molecule has 3 atom stereocenters. The Morgan fingerprint density at radius 1 is 1.21 bits per heavy atom. The first-order valence-corrected chi connectivity index (χ1v) is 8.04. The molecule has 0 aliphatic heterocycles. The van der Waals surface area contributed by atoms with Gasteiger partial charge in [0.25, 0.3) is 5.91 Å². The Morgan fingerprint density at radius 3 is 2.50 bits per heavy atom. The van der Waals surface area contributed by atoms with Crippen LogP contribution in [-0.4, -0.2) is 37.9 Å². The molecule has 6 heteroatoms. The molecule has 24 heavy (non-hydrogen) atoms. The van der Waals surface area contributed by atoms with Crippen LogP contribution in [0.4, 0.5) is 0 Å². The van der Waals surface area contributed by atoms with Crippen LogP contribution >= 0.6 is 0 Å². The van der Waals surface area contributed by atoms with E-state index in [1.54, 1.807) is 12.1 Å². The van der Waals surface area contributed by atoms with E-state index in [0.717, 1.165) is 6.42 Å². The number of benzene rings is 1. The quantitative estimate of drug-likeness (QED) is 0.803. The molecule has 0 aromatic heterocycles. The molecule has 2 rings (SSSR count). The topological polar surface area (TPSA) is 81.7 Å². The van der Waals surface area contributed by atoms with Gasteiger partial charge in [-0.15, -0.1) is 0 Å². The number of Topliss-reactive ketones (excluding diaryl/α,β-unsaturated/α-hetero) is 1. The minimum atomic E-state index is -0.840. The summed E-state index contributed by atoms with van der Waals surface area (Å²) in [6.45, 7) is 0. The first kappa shape index (κ1) is 18.1. The predicted molar refractivity (Wildman–Crippen MR) is 87.1 cm³/mol. The second-order valence-corrected chi connectivity index (χ2v) is 5.93. The summed E-state index contributed by atoms with van der Waals surface area (Å²) in [5.74, 6) is -1.08. The molecule has 1 aromatic carbocycles. The number of ketones is 1. The van der Waals surface area contributed by atoms with Crippen LogP contribution in [0.25, 0.3) is 0 Å². The molecule has 1 aliphatic carbocycles. The summed E-state index contributed by atoms with van der Waals surface area (Å²) in [5, 5.41) is 2.72. The second kappa shape index (κ2) is 8.59. The number of esters is 1. The molecule has 1 fully saturated rings. The molecule has 1 amide bonds. The van der Waals surface area contributed by atoms with Gasteiger partial charge < -0.3 is 14.8 Å². The molecular weight excluding hydrogens is 310 g/mol. The van der Waals surface area contributed by atoms with Crippen molar-refractivity contribution in [1.29, 1.82) is 0 Å². The molecular formula is C18H23NO5. The average molecular weight is 333 g/mol. The van der Waals surface area contributed by atoms with Crippen molar-refractivity contribution in [2.24, 2.45) is 5.92 Å². The Kier molecular flexibility index (Phi) is 6.49. The van der Waals surface area contributed by atoms with Crippen molar-refractivity contribution in [3.8, 4) is 0 Å². The number of nitrogens with one attached hydrogen (secondary N) is 1. The number of carbonyl (C=O) groups is 3. The van der Waals surface area contributed by atoms with Crippen molar-refractivity contribution < 1.29 is 23.9 Å². The summed E-state index contributed by atoms with van der Waals surface area (Å²) in [4.78, 5) is 36.4. The van der Waals surface area contributed by atoms with E-state index in [2.05, 4.69) is 5.32 Å². The van der Waals surface area contributed by atoms with Crippen molar-refractivity contribution in [2.45, 2.75) is 37.8 Å². The SMILES string of the molecule is COC(=O)[C@H](NC(=O)[C@H](OC)c1ccccc1)[C@H]1CCCC(=O)C1. The number of hydrogen-bond acceptors (Lipinski definition) is 5. The molecule has 1 N–H and O–H groups in total. The van der Waals surface area contributed by atoms with Crippen LogP contribution in [0.1, 0.15) is 37.4 Å². The van der Waals surface area contributed by atoms with E-state index in [0.29, 0.717) is 18.4 Å². The van der Waals surface area contributed by atoms with Crippen LogP contribution < -0.4 is 5.32 Å². The standard InChI is InChI=1S/C18H23NO5/c1-23-16(12-7-4-3-5-8-12)17(21)19-15(18(22)24-2)13-9-6-10-14(20)11-13/h3-5,7-8,13,15-16H,6,9-11H2,1-2H3,(H,19,21)/t13-,15+,16+/m0/s1. The van der Waals surface area contributed by atoms with Crippen molar-refractivity contribution >= 4 is 17.7 Å². The summed E-state index contributed by atoms with van der Waals surface area (Å²) < 4.78 is 10.1. The van der Waals surface area contributed by atoms with Gasteiger partial charge in [-0.05, 0) is 24.3 Å². The number of amides is 1. The highest BCUT2D eigenvalue weighted by Crippen LogP contribution is 2.26. The van der Waals surface area contributed by atoms with Crippen molar-refractivity contribution in [3.63, 3.8) is 0 Å². The fourth-order valence-corrected chi connectivity index (χ4v) is 3.09. The van der Waals surface area contributed by atoms with Gasteiger partial charge in [0.2, 0.25) is 0 Å². The van der Waals surface area contributed by atoms with Crippen LogP contribution in [0.3, 0.4) is 0 Å². The van der Waals surface area contributed by atoms with E-state index in [1.807, 2.05) is 18.2 Å². The Bertz CT molecular complexity index is 586. The molecule has 1 aliphatic rings. The minimum absolute atomic E-state index is 0.112. The number of rotatable bonds is 6. The summed E-state index contributed by atoms with van der Waals surface area (Å²) in [6.07, 6.45) is 1.41. The number of carbonyl (C=O) groups excluding carboxylic acids is 3. The van der Waals surface area contributed by atoms with Gasteiger partial charge in [-0.3, -0.25) is 9.59 Å². The van der Waals surface area contributed by atoms with Gasteiger partial charge in [0.05, 0.1) is 7.11 Å². The van der Waals surface area contributed by atoms with Crippen LogP contribution in [-0.2, 0) is 23.9 Å². The molecule has 0 radical (unpaired) electrons. The summed E-state index contributed by atoms with van der Waals surface area (Å²) in [5.41, 5.74) is 0.695. The molecule has 0 bridgehead atoms. The van der Waals surface area contributed by atoms with E-state index in [-0.39, 0.29) is 18.1 Å². The monoisotopic (exact) mass is 333 g/mol. The smallest absolute Gasteiger partial charge is 0.328 e. The molecule has 130 valence electrons. The minimum Gasteiger partial charge on any atom is -0.467 e. The Labute approximate surface area is 141 Å². The zero-order valence-corrected chi connectivity index (χ0v) is 14.0. The first-order chi connectivity index (χ1) is 11.6. The summed E-state index contributed by atoms with van der Waals surface area (Å²) >= 11 is 0. The van der Waals surface area contributed by atoms with Gasteiger partial charge in [0, 0.05) is 20.0 Å². The van der Waals surface area contributed by atoms with Crippen LogP contribution in [0.5, 0.6) is 0 Å². The third-order valence-electron chi connectivity index (χ3n) is 4.32. The number of hydrogen-bond donors (Lipinski definition) is 1. The van der Waals surface area contributed by atoms with E-state index in [9.17, 15) is 14.4 Å². The zero-order chi connectivity index (χ0) is 17.5. The molecule has 0 spiro atoms. The van der Waals surface area contributed by atoms with Crippen molar-refractivity contribution in [1.82, 2.24) is 5.32 Å². The summed E-state index contributed by atoms with van der Waals surface area (Å²) in [7, 11) is 2.71. The lowest BCUT2D eigenvalue weighted by atomic mass is 9.83. The largest absolute Gasteiger partial charge is 0.467 e. The Balaban J connectivity index is 2.14. The zero-order valence-electron chi connectivity index (χ0n) is 14.0. The van der Waals surface area contributed by atoms with Gasteiger partial charge in [-0.1, -0.05) is 30.3 Å². The molecule has 0 heterocycles. The van der Waals surface area contributed by atoms with Gasteiger partial charge >= 0.3 is 5.97 Å². The summed E-state index contributed by atoms with van der Waals surface area (Å²) in [6, 6.07) is 8.20. The average Bonchev–Trinajstić information content (AvgIpc) is 2.60. The second-order valence-electron chi connectivity index (χ2n) is 5.93. The molecule has 0 saturated heterocycles. The third-order valence-corrected chi connectivity index (χ3v) is 4.32. The fourth-order valence-electron chi connectivity index (χ4n) is 3.09. The highest BCUT2D eigenvalue weighted by atomic mass is 16.5. The van der Waals surface area contributed by atoms with Crippen LogP contribution in [0.2, 0.25) is 0 Å². The maximum Gasteiger partial charge on any atom is 0.328 e. The van der Waals surface area contributed by atoms with Crippen molar-refractivity contribution in [3.05, 3.63) is 35.9 Å². The normalized spacial score (nSPS) is 20.1. The Morgan fingerprint density at radius 2 is 1.92 bits per heavy atom. The maximum atomic E-state index is 12.6. The lowest BCUT2D eigenvalue weighted by molar-refractivity contribution is -0.149. The highest BCUT2D eigenvalue weighted by molar-refractivity contribution is 5.89. The highest BCUT2D eigenvalue weighted by Gasteiger charge is 2.35. The molecule has 6 nitrogen and oxygen atoms in total. The van der Waals surface area contributed by atoms with Crippen LogP contribution in [0.15, 0.2) is 30.3 Å². The number of methoxy groups -OCH3 is 2. The maximum absolute atomic E-state index is 12.6. The van der Waals surface area contributed by atoms with Crippen molar-refractivity contribution in [2.75, 3.05) is 14.2 Å². The van der Waals surface area contributed by atoms with E-state index < -0.39 is 24.0 Å². The number of ether oxygens (including phenoxy) is 2. The molecule has 1 saturated carbocycles. The lowest BCUT2D eigenvalue weighted by Crippen LogP contribution is -2.49. The van der Waals surface area contributed by atoms with Crippen LogP contribution in [0, 0.1) is 5.92 Å². The fraction of sp³-hybridized carbons (Fsp3) is 0.500. The third kappa shape index (κ3) is 4.41. The van der Waals surface area contributed by atoms with Gasteiger partial charge in [0.15, 0.2) is 6.10 Å². The van der Waals surface area contributed by atoms with Gasteiger partial charge in [-0.25, -0.2) is 4.79 Å². The first-order valence-electron chi connectivity index (χ1n) is 8.04. The van der Waals surface area contributed by atoms with Gasteiger partial charge in [0.1, 0.15) is 11.8 Å². The molecule has 0 unspecified atom stereocenters. The Hall–Kier alpha value is -2.21.